The van der Waals surface area contributed by atoms with Gasteiger partial charge in [0.2, 0.25) is 0 Å². The van der Waals surface area contributed by atoms with Crippen LogP contribution in [-0.4, -0.2) is 43.1 Å². The number of carbonyl (C=O) groups is 2. The van der Waals surface area contributed by atoms with Gasteiger partial charge in [-0.3, -0.25) is 9.59 Å². The molecule has 1 unspecified atom stereocenters. The van der Waals surface area contributed by atoms with E-state index in [-0.39, 0.29) is 18.0 Å². The third-order valence-corrected chi connectivity index (χ3v) is 5.94. The molecule has 0 radical (unpaired) electrons. The Morgan fingerprint density at radius 2 is 2.07 bits per heavy atom. The standard InChI is InChI=1S/C22H24ClN3O3/c1-3-25-18-12-14(21(27)24-15-8-10-19(29-2)17(23)13-15)7-9-16(18)22(28)26-11-5-4-6-20(25)26/h7-10,12-13,20H,3-6,11H2,1-2H3,(H,24,27). The van der Waals surface area contributed by atoms with Crippen molar-refractivity contribution >= 4 is 34.8 Å². The lowest BCUT2D eigenvalue weighted by atomic mass is 9.97. The lowest BCUT2D eigenvalue weighted by molar-refractivity contribution is 0.0582. The van der Waals surface area contributed by atoms with Crippen molar-refractivity contribution in [3.63, 3.8) is 0 Å². The van der Waals surface area contributed by atoms with Gasteiger partial charge in [0.1, 0.15) is 11.9 Å². The molecule has 2 aromatic carbocycles. The van der Waals surface area contributed by atoms with E-state index < -0.39 is 0 Å². The lowest BCUT2D eigenvalue weighted by Gasteiger charge is -2.47. The first-order valence-electron chi connectivity index (χ1n) is 9.90. The number of fused-ring (bicyclic) bond motifs is 2. The Hall–Kier alpha value is -2.73. The summed E-state index contributed by atoms with van der Waals surface area (Å²) in [5.41, 5.74) is 2.58. The highest BCUT2D eigenvalue weighted by Gasteiger charge is 2.38. The van der Waals surface area contributed by atoms with Gasteiger partial charge in [-0.25, -0.2) is 0 Å². The maximum Gasteiger partial charge on any atom is 0.257 e. The molecule has 0 bridgehead atoms. The second-order valence-electron chi connectivity index (χ2n) is 7.30. The van der Waals surface area contributed by atoms with E-state index in [1.165, 1.54) is 0 Å². The van der Waals surface area contributed by atoms with Crippen LogP contribution in [0.5, 0.6) is 5.75 Å². The minimum absolute atomic E-state index is 0.0586. The molecule has 2 aliphatic heterocycles. The van der Waals surface area contributed by atoms with Crippen LogP contribution in [0.4, 0.5) is 11.4 Å². The van der Waals surface area contributed by atoms with Crippen molar-refractivity contribution in [1.29, 1.82) is 0 Å². The molecule has 7 heteroatoms. The van der Waals surface area contributed by atoms with Gasteiger partial charge in [0.15, 0.2) is 0 Å². The van der Waals surface area contributed by atoms with Crippen LogP contribution in [0.25, 0.3) is 0 Å². The number of benzene rings is 2. The molecular weight excluding hydrogens is 390 g/mol. The summed E-state index contributed by atoms with van der Waals surface area (Å²) in [5, 5.41) is 3.29. The number of nitrogens with one attached hydrogen (secondary N) is 1. The second kappa shape index (κ2) is 7.95. The van der Waals surface area contributed by atoms with E-state index >= 15 is 0 Å². The molecule has 29 heavy (non-hydrogen) atoms. The van der Waals surface area contributed by atoms with Crippen molar-refractivity contribution in [2.75, 3.05) is 30.4 Å². The molecular formula is C22H24ClN3O3. The van der Waals surface area contributed by atoms with E-state index in [1.54, 1.807) is 37.4 Å². The highest BCUT2D eigenvalue weighted by Crippen LogP contribution is 2.36. The molecule has 2 aliphatic rings. The third kappa shape index (κ3) is 3.53. The SMILES string of the molecule is CCN1c2cc(C(=O)Nc3ccc(OC)c(Cl)c3)ccc2C(=O)N2CCCCC21. The lowest BCUT2D eigenvalue weighted by Crippen LogP contribution is -2.57. The van der Waals surface area contributed by atoms with Crippen molar-refractivity contribution in [3.05, 3.63) is 52.5 Å². The van der Waals surface area contributed by atoms with E-state index in [2.05, 4.69) is 17.1 Å². The predicted octanol–water partition coefficient (Wildman–Crippen LogP) is 4.39. The van der Waals surface area contributed by atoms with Crippen LogP contribution in [-0.2, 0) is 0 Å². The fourth-order valence-corrected chi connectivity index (χ4v) is 4.47. The molecule has 0 saturated carbocycles. The van der Waals surface area contributed by atoms with Gasteiger partial charge in [-0.2, -0.15) is 0 Å². The Labute approximate surface area is 175 Å². The Kier molecular flexibility index (Phi) is 5.37. The quantitative estimate of drug-likeness (QED) is 0.807. The van der Waals surface area contributed by atoms with E-state index in [9.17, 15) is 9.59 Å². The van der Waals surface area contributed by atoms with Crippen molar-refractivity contribution < 1.29 is 14.3 Å². The number of rotatable bonds is 4. The van der Waals surface area contributed by atoms with Crippen LogP contribution in [0.1, 0.15) is 46.9 Å². The smallest absolute Gasteiger partial charge is 0.257 e. The Morgan fingerprint density at radius 1 is 1.24 bits per heavy atom. The molecule has 1 saturated heterocycles. The number of nitrogens with zero attached hydrogens (tertiary/aromatic N) is 2. The van der Waals surface area contributed by atoms with Gasteiger partial charge >= 0.3 is 0 Å². The summed E-state index contributed by atoms with van der Waals surface area (Å²) < 4.78 is 5.14. The van der Waals surface area contributed by atoms with Crippen LogP contribution in [0.3, 0.4) is 0 Å². The molecule has 6 nitrogen and oxygen atoms in total. The topological polar surface area (TPSA) is 61.9 Å². The van der Waals surface area contributed by atoms with Crippen LogP contribution < -0.4 is 15.0 Å². The molecule has 2 aromatic rings. The van der Waals surface area contributed by atoms with Crippen molar-refractivity contribution in [2.45, 2.75) is 32.4 Å². The zero-order valence-corrected chi connectivity index (χ0v) is 17.3. The Morgan fingerprint density at radius 3 is 2.79 bits per heavy atom. The molecule has 4 rings (SSSR count). The van der Waals surface area contributed by atoms with E-state index in [4.69, 9.17) is 16.3 Å². The highest BCUT2D eigenvalue weighted by molar-refractivity contribution is 6.32. The van der Waals surface area contributed by atoms with Gasteiger partial charge in [0, 0.05) is 24.3 Å². The molecule has 0 aliphatic carbocycles. The fourth-order valence-electron chi connectivity index (χ4n) is 4.21. The molecule has 152 valence electrons. The summed E-state index contributed by atoms with van der Waals surface area (Å²) in [6, 6.07) is 10.4. The van der Waals surface area contributed by atoms with E-state index in [0.717, 1.165) is 38.0 Å². The average Bonchev–Trinajstić information content (AvgIpc) is 2.74. The average molecular weight is 414 g/mol. The molecule has 0 spiro atoms. The zero-order valence-electron chi connectivity index (χ0n) is 16.6. The summed E-state index contributed by atoms with van der Waals surface area (Å²) in [6.07, 6.45) is 3.19. The Bertz CT molecular complexity index is 962. The van der Waals surface area contributed by atoms with Gasteiger partial charge in [0.05, 0.1) is 23.4 Å². The molecule has 2 heterocycles. The zero-order chi connectivity index (χ0) is 20.5. The van der Waals surface area contributed by atoms with Crippen molar-refractivity contribution in [1.82, 2.24) is 4.90 Å². The molecule has 0 aromatic heterocycles. The summed E-state index contributed by atoms with van der Waals surface area (Å²) in [4.78, 5) is 30.0. The second-order valence-corrected chi connectivity index (χ2v) is 7.70. The van der Waals surface area contributed by atoms with Crippen molar-refractivity contribution in [2.24, 2.45) is 0 Å². The number of methoxy groups -OCH3 is 1. The van der Waals surface area contributed by atoms with Gasteiger partial charge in [0.25, 0.3) is 11.8 Å². The van der Waals surface area contributed by atoms with Gasteiger partial charge in [-0.1, -0.05) is 11.6 Å². The van der Waals surface area contributed by atoms with Gasteiger partial charge < -0.3 is 19.9 Å². The van der Waals surface area contributed by atoms with Crippen LogP contribution in [0.15, 0.2) is 36.4 Å². The summed E-state index contributed by atoms with van der Waals surface area (Å²) >= 11 is 6.15. The number of hydrogen-bond donors (Lipinski definition) is 1. The van der Waals surface area contributed by atoms with Crippen molar-refractivity contribution in [3.8, 4) is 5.75 Å². The first kappa shape index (κ1) is 19.6. The number of amides is 2. The predicted molar refractivity (Wildman–Crippen MR) is 114 cm³/mol. The first-order valence-corrected chi connectivity index (χ1v) is 10.3. The molecule has 2 amide bonds. The monoisotopic (exact) mass is 413 g/mol. The number of carbonyl (C=O) groups excluding carboxylic acids is 2. The largest absolute Gasteiger partial charge is 0.495 e. The molecule has 1 atom stereocenters. The highest BCUT2D eigenvalue weighted by atomic mass is 35.5. The Balaban J connectivity index is 1.62. The number of hydrogen-bond acceptors (Lipinski definition) is 4. The maximum atomic E-state index is 13.0. The van der Waals surface area contributed by atoms with Crippen LogP contribution in [0, 0.1) is 0 Å². The van der Waals surface area contributed by atoms with Gasteiger partial charge in [-0.15, -0.1) is 0 Å². The number of ether oxygens (including phenoxy) is 1. The number of piperidine rings is 1. The normalized spacial score (nSPS) is 18.2. The number of halogens is 1. The minimum atomic E-state index is -0.247. The molecule has 1 N–H and O–H groups in total. The van der Waals surface area contributed by atoms with E-state index in [1.807, 2.05) is 11.0 Å². The summed E-state index contributed by atoms with van der Waals surface area (Å²) in [6.45, 7) is 3.65. The summed E-state index contributed by atoms with van der Waals surface area (Å²) in [5.74, 6) is 0.361. The minimum Gasteiger partial charge on any atom is -0.495 e. The first-order chi connectivity index (χ1) is 14.0. The number of anilines is 2. The van der Waals surface area contributed by atoms with Crippen LogP contribution in [0.2, 0.25) is 5.02 Å². The molecule has 1 fully saturated rings. The summed E-state index contributed by atoms with van der Waals surface area (Å²) in [7, 11) is 1.54. The van der Waals surface area contributed by atoms with E-state index in [0.29, 0.717) is 27.6 Å². The maximum absolute atomic E-state index is 13.0. The van der Waals surface area contributed by atoms with Crippen LogP contribution >= 0.6 is 11.6 Å². The fraction of sp³-hybridized carbons (Fsp3) is 0.364. The van der Waals surface area contributed by atoms with Gasteiger partial charge in [-0.05, 0) is 62.6 Å². The third-order valence-electron chi connectivity index (χ3n) is 5.64.